The Morgan fingerprint density at radius 2 is 2.17 bits per heavy atom. The van der Waals surface area contributed by atoms with Crippen LogP contribution in [-0.4, -0.2) is 17.6 Å². The lowest BCUT2D eigenvalue weighted by Gasteiger charge is -2.26. The molecule has 0 fully saturated rings. The molecule has 4 rings (SSSR count). The standard InChI is InChI=1S/C19H17ClN2OS/c1-2-13-10-21-16-9-12(7-8-18(16)23-13)17-11-24-19(22-17)14-5-3-4-6-15(14)20/h3-9,11,13,21H,2,10H2,1H3. The molecule has 3 aromatic rings. The van der Waals surface area contributed by atoms with E-state index in [9.17, 15) is 0 Å². The Kier molecular flexibility index (Phi) is 4.17. The predicted octanol–water partition coefficient (Wildman–Crippen LogP) is 5.71. The van der Waals surface area contributed by atoms with E-state index >= 15 is 0 Å². The van der Waals surface area contributed by atoms with Gasteiger partial charge in [-0.3, -0.25) is 0 Å². The van der Waals surface area contributed by atoms with E-state index < -0.39 is 0 Å². The molecule has 2 aromatic carbocycles. The topological polar surface area (TPSA) is 34.2 Å². The Morgan fingerprint density at radius 1 is 1.29 bits per heavy atom. The van der Waals surface area contributed by atoms with E-state index in [4.69, 9.17) is 21.3 Å². The van der Waals surface area contributed by atoms with Crippen LogP contribution in [-0.2, 0) is 0 Å². The zero-order valence-corrected chi connectivity index (χ0v) is 14.8. The maximum absolute atomic E-state index is 6.28. The SMILES string of the molecule is CCC1CNc2cc(-c3csc(-c4ccccc4Cl)n3)ccc2O1. The molecule has 1 unspecified atom stereocenters. The number of anilines is 1. The fourth-order valence-corrected chi connectivity index (χ4v) is 3.92. The van der Waals surface area contributed by atoms with Crippen molar-refractivity contribution < 1.29 is 4.74 Å². The van der Waals surface area contributed by atoms with E-state index in [0.717, 1.165) is 51.3 Å². The minimum atomic E-state index is 0.245. The molecule has 1 aliphatic heterocycles. The number of fused-ring (bicyclic) bond motifs is 1. The zero-order valence-electron chi connectivity index (χ0n) is 13.3. The molecule has 24 heavy (non-hydrogen) atoms. The van der Waals surface area contributed by atoms with Crippen molar-refractivity contribution >= 4 is 28.6 Å². The van der Waals surface area contributed by atoms with Gasteiger partial charge in [0.05, 0.1) is 22.9 Å². The highest BCUT2D eigenvalue weighted by Gasteiger charge is 2.18. The Labute approximate surface area is 150 Å². The van der Waals surface area contributed by atoms with Gasteiger partial charge in [-0.15, -0.1) is 11.3 Å². The molecule has 122 valence electrons. The number of aromatic nitrogens is 1. The lowest BCUT2D eigenvalue weighted by atomic mass is 10.1. The number of nitrogens with zero attached hydrogens (tertiary/aromatic N) is 1. The summed E-state index contributed by atoms with van der Waals surface area (Å²) in [5.74, 6) is 0.915. The Balaban J connectivity index is 1.65. The van der Waals surface area contributed by atoms with Crippen LogP contribution in [0.4, 0.5) is 5.69 Å². The first-order valence-corrected chi connectivity index (χ1v) is 9.25. The fourth-order valence-electron chi connectivity index (χ4n) is 2.77. The van der Waals surface area contributed by atoms with Crippen LogP contribution in [0.2, 0.25) is 5.02 Å². The van der Waals surface area contributed by atoms with Crippen LogP contribution in [0.25, 0.3) is 21.8 Å². The Morgan fingerprint density at radius 3 is 3.00 bits per heavy atom. The van der Waals surface area contributed by atoms with Gasteiger partial charge in [0.25, 0.3) is 0 Å². The predicted molar refractivity (Wildman–Crippen MR) is 101 cm³/mol. The number of rotatable bonds is 3. The van der Waals surface area contributed by atoms with Gasteiger partial charge in [0, 0.05) is 16.5 Å². The minimum Gasteiger partial charge on any atom is -0.486 e. The minimum absolute atomic E-state index is 0.245. The summed E-state index contributed by atoms with van der Waals surface area (Å²) in [6, 6.07) is 14.0. The maximum atomic E-state index is 6.28. The molecule has 3 nitrogen and oxygen atoms in total. The number of halogens is 1. The number of thiazole rings is 1. The molecule has 1 atom stereocenters. The van der Waals surface area contributed by atoms with E-state index in [1.807, 2.05) is 30.3 Å². The molecule has 0 radical (unpaired) electrons. The largest absolute Gasteiger partial charge is 0.486 e. The normalized spacial score (nSPS) is 16.2. The van der Waals surface area contributed by atoms with Gasteiger partial charge in [0.15, 0.2) is 0 Å². The van der Waals surface area contributed by atoms with Crippen molar-refractivity contribution in [3.63, 3.8) is 0 Å². The van der Waals surface area contributed by atoms with Crippen molar-refractivity contribution in [2.45, 2.75) is 19.4 Å². The molecule has 1 N–H and O–H groups in total. The molecule has 0 bridgehead atoms. The second-order valence-electron chi connectivity index (χ2n) is 5.76. The third-order valence-corrected chi connectivity index (χ3v) is 5.36. The molecule has 0 saturated carbocycles. The van der Waals surface area contributed by atoms with E-state index in [0.29, 0.717) is 0 Å². The van der Waals surface area contributed by atoms with Crippen molar-refractivity contribution in [2.24, 2.45) is 0 Å². The maximum Gasteiger partial charge on any atom is 0.142 e. The van der Waals surface area contributed by atoms with E-state index in [-0.39, 0.29) is 6.10 Å². The van der Waals surface area contributed by atoms with Gasteiger partial charge in [0.1, 0.15) is 16.9 Å². The van der Waals surface area contributed by atoms with Gasteiger partial charge in [0.2, 0.25) is 0 Å². The monoisotopic (exact) mass is 356 g/mol. The molecule has 0 amide bonds. The molecule has 1 aromatic heterocycles. The summed E-state index contributed by atoms with van der Waals surface area (Å²) in [4.78, 5) is 4.76. The molecular formula is C19H17ClN2OS. The van der Waals surface area contributed by atoms with E-state index in [2.05, 4.69) is 29.8 Å². The van der Waals surface area contributed by atoms with Crippen LogP contribution >= 0.6 is 22.9 Å². The summed E-state index contributed by atoms with van der Waals surface area (Å²) in [6.07, 6.45) is 1.25. The first-order chi connectivity index (χ1) is 11.7. The Hall–Kier alpha value is -2.04. The molecule has 2 heterocycles. The van der Waals surface area contributed by atoms with Gasteiger partial charge in [-0.2, -0.15) is 0 Å². The Bertz CT molecular complexity index is 877. The number of benzene rings is 2. The van der Waals surface area contributed by atoms with Crippen molar-refractivity contribution in [1.82, 2.24) is 4.98 Å². The fraction of sp³-hybridized carbons (Fsp3) is 0.211. The van der Waals surface area contributed by atoms with Crippen LogP contribution < -0.4 is 10.1 Å². The lowest BCUT2D eigenvalue weighted by Crippen LogP contribution is -2.29. The van der Waals surface area contributed by atoms with Gasteiger partial charge in [-0.25, -0.2) is 4.98 Å². The number of hydrogen-bond donors (Lipinski definition) is 1. The molecule has 5 heteroatoms. The van der Waals surface area contributed by atoms with Crippen molar-refractivity contribution in [2.75, 3.05) is 11.9 Å². The number of nitrogens with one attached hydrogen (secondary N) is 1. The van der Waals surface area contributed by atoms with Crippen LogP contribution in [0.5, 0.6) is 5.75 Å². The quantitative estimate of drug-likeness (QED) is 0.652. The molecule has 0 saturated heterocycles. The third kappa shape index (κ3) is 2.87. The molecular weight excluding hydrogens is 340 g/mol. The molecule has 0 spiro atoms. The summed E-state index contributed by atoms with van der Waals surface area (Å²) in [7, 11) is 0. The first kappa shape index (κ1) is 15.5. The van der Waals surface area contributed by atoms with E-state index in [1.54, 1.807) is 11.3 Å². The van der Waals surface area contributed by atoms with Crippen molar-refractivity contribution in [3.05, 3.63) is 52.9 Å². The average Bonchev–Trinajstić information content (AvgIpc) is 3.11. The number of ether oxygens (including phenoxy) is 1. The zero-order chi connectivity index (χ0) is 16.5. The molecule has 1 aliphatic rings. The van der Waals surface area contributed by atoms with Crippen molar-refractivity contribution in [3.8, 4) is 27.6 Å². The van der Waals surface area contributed by atoms with Crippen molar-refractivity contribution in [1.29, 1.82) is 0 Å². The first-order valence-electron chi connectivity index (χ1n) is 8.00. The van der Waals surface area contributed by atoms with Crippen LogP contribution in [0.15, 0.2) is 47.8 Å². The van der Waals surface area contributed by atoms with Gasteiger partial charge < -0.3 is 10.1 Å². The highest BCUT2D eigenvalue weighted by atomic mass is 35.5. The third-order valence-electron chi connectivity index (χ3n) is 4.15. The summed E-state index contributed by atoms with van der Waals surface area (Å²) < 4.78 is 5.96. The van der Waals surface area contributed by atoms with Crippen LogP contribution in [0.1, 0.15) is 13.3 Å². The van der Waals surface area contributed by atoms with Gasteiger partial charge in [-0.1, -0.05) is 36.7 Å². The summed E-state index contributed by atoms with van der Waals surface area (Å²) >= 11 is 7.88. The highest BCUT2D eigenvalue weighted by molar-refractivity contribution is 7.13. The average molecular weight is 357 g/mol. The smallest absolute Gasteiger partial charge is 0.142 e. The molecule has 0 aliphatic carbocycles. The second-order valence-corrected chi connectivity index (χ2v) is 7.02. The summed E-state index contributed by atoms with van der Waals surface area (Å²) in [5.41, 5.74) is 4.04. The van der Waals surface area contributed by atoms with Gasteiger partial charge in [-0.05, 0) is 30.7 Å². The summed E-state index contributed by atoms with van der Waals surface area (Å²) in [5, 5.41) is 7.18. The number of hydrogen-bond acceptors (Lipinski definition) is 4. The lowest BCUT2D eigenvalue weighted by molar-refractivity contribution is 0.202. The summed E-state index contributed by atoms with van der Waals surface area (Å²) in [6.45, 7) is 2.98. The van der Waals surface area contributed by atoms with Crippen LogP contribution in [0.3, 0.4) is 0 Å². The van der Waals surface area contributed by atoms with E-state index in [1.165, 1.54) is 0 Å². The second kappa shape index (κ2) is 6.46. The van der Waals surface area contributed by atoms with Crippen LogP contribution in [0, 0.1) is 0 Å². The highest BCUT2D eigenvalue weighted by Crippen LogP contribution is 2.37. The van der Waals surface area contributed by atoms with Gasteiger partial charge >= 0.3 is 0 Å².